The van der Waals surface area contributed by atoms with Crippen LogP contribution in [0.15, 0.2) is 65.1 Å². The summed E-state index contributed by atoms with van der Waals surface area (Å²) in [6.45, 7) is 5.67. The molecule has 0 saturated heterocycles. The van der Waals surface area contributed by atoms with Crippen molar-refractivity contribution < 1.29 is 19.0 Å². The quantitative estimate of drug-likeness (QED) is 0.260. The SMILES string of the molecule is C=CCOC(=O)C1=C(C)Nc2ncnn2C1c1cc(Br)c(OCc2ccc(Cl)cc2Cl)c(OC)c1. The monoisotopic (exact) mass is 578 g/mol. The number of carbonyl (C=O) groups excluding carboxylic acids is 1. The van der Waals surface area contributed by atoms with Crippen LogP contribution in [0.1, 0.15) is 24.1 Å². The summed E-state index contributed by atoms with van der Waals surface area (Å²) >= 11 is 15.9. The maximum Gasteiger partial charge on any atom is 0.338 e. The highest BCUT2D eigenvalue weighted by molar-refractivity contribution is 9.10. The molecule has 4 rings (SSSR count). The zero-order valence-corrected chi connectivity index (χ0v) is 21.9. The van der Waals surface area contributed by atoms with Gasteiger partial charge in [-0.2, -0.15) is 10.1 Å². The highest BCUT2D eigenvalue weighted by atomic mass is 79.9. The van der Waals surface area contributed by atoms with E-state index < -0.39 is 12.0 Å². The molecule has 0 saturated carbocycles. The van der Waals surface area contributed by atoms with E-state index in [2.05, 4.69) is 37.9 Å². The van der Waals surface area contributed by atoms with Crippen molar-refractivity contribution in [2.45, 2.75) is 19.6 Å². The number of methoxy groups -OCH3 is 1. The number of rotatable bonds is 8. The molecular weight excluding hydrogens is 559 g/mol. The lowest BCUT2D eigenvalue weighted by molar-refractivity contribution is -0.138. The Morgan fingerprint density at radius 2 is 2.11 bits per heavy atom. The first-order chi connectivity index (χ1) is 16.8. The molecule has 182 valence electrons. The fourth-order valence-electron chi connectivity index (χ4n) is 3.70. The Kier molecular flexibility index (Phi) is 7.69. The summed E-state index contributed by atoms with van der Waals surface area (Å²) in [7, 11) is 1.54. The van der Waals surface area contributed by atoms with Crippen LogP contribution in [0.25, 0.3) is 0 Å². The Morgan fingerprint density at radius 1 is 1.31 bits per heavy atom. The van der Waals surface area contributed by atoms with Crippen molar-refractivity contribution in [2.75, 3.05) is 19.0 Å². The van der Waals surface area contributed by atoms with E-state index in [0.717, 1.165) is 5.56 Å². The molecule has 3 aromatic rings. The molecule has 11 heteroatoms. The van der Waals surface area contributed by atoms with Crippen LogP contribution < -0.4 is 14.8 Å². The normalized spacial score (nSPS) is 14.7. The maximum atomic E-state index is 13.0. The van der Waals surface area contributed by atoms with E-state index in [-0.39, 0.29) is 13.2 Å². The van der Waals surface area contributed by atoms with Crippen molar-refractivity contribution >= 4 is 51.0 Å². The Morgan fingerprint density at radius 3 is 2.83 bits per heavy atom. The minimum Gasteiger partial charge on any atom is -0.493 e. The van der Waals surface area contributed by atoms with Gasteiger partial charge in [0.15, 0.2) is 11.5 Å². The summed E-state index contributed by atoms with van der Waals surface area (Å²) in [4.78, 5) is 17.2. The summed E-state index contributed by atoms with van der Waals surface area (Å²) in [5.41, 5.74) is 2.48. The molecule has 1 atom stereocenters. The number of nitrogens with zero attached hydrogens (tertiary/aromatic N) is 3. The second kappa shape index (κ2) is 10.7. The fourth-order valence-corrected chi connectivity index (χ4v) is 4.74. The Hall–Kier alpha value is -3.01. The number of ether oxygens (including phenoxy) is 3. The molecular formula is C24H21BrCl2N4O4. The third-order valence-corrected chi connectivity index (χ3v) is 6.48. The van der Waals surface area contributed by atoms with Gasteiger partial charge in [0.2, 0.25) is 5.95 Å². The molecule has 0 fully saturated rings. The smallest absolute Gasteiger partial charge is 0.338 e. The number of allylic oxidation sites excluding steroid dienone is 1. The van der Waals surface area contributed by atoms with E-state index in [9.17, 15) is 4.79 Å². The number of esters is 1. The Labute approximate surface area is 220 Å². The number of fused-ring (bicyclic) bond motifs is 1. The molecule has 0 bridgehead atoms. The van der Waals surface area contributed by atoms with Crippen LogP contribution in [0.3, 0.4) is 0 Å². The minimum absolute atomic E-state index is 0.0829. The van der Waals surface area contributed by atoms with Crippen LogP contribution in [0.4, 0.5) is 5.95 Å². The molecule has 1 aromatic heterocycles. The van der Waals surface area contributed by atoms with Gasteiger partial charge in [-0.25, -0.2) is 9.48 Å². The number of halogens is 3. The average Bonchev–Trinajstić information content (AvgIpc) is 3.29. The number of nitrogens with one attached hydrogen (secondary N) is 1. The van der Waals surface area contributed by atoms with Gasteiger partial charge in [-0.15, -0.1) is 0 Å². The molecule has 1 aliphatic heterocycles. The summed E-state index contributed by atoms with van der Waals surface area (Å²) in [6.07, 6.45) is 2.93. The maximum absolute atomic E-state index is 13.0. The van der Waals surface area contributed by atoms with E-state index in [4.69, 9.17) is 37.4 Å². The predicted octanol–water partition coefficient (Wildman–Crippen LogP) is 5.95. The standard InChI is InChI=1S/C24H21BrCl2N4O4/c1-4-7-34-23(32)20-13(2)30-24-28-12-29-31(24)21(20)15-8-17(25)22(19(9-15)33-3)35-11-14-5-6-16(26)10-18(14)27/h4-6,8-10,12,21H,1,7,11H2,2-3H3,(H,28,29,30). The molecule has 2 heterocycles. The number of benzene rings is 2. The lowest BCUT2D eigenvalue weighted by Crippen LogP contribution is -2.29. The van der Waals surface area contributed by atoms with Crippen LogP contribution in [0.2, 0.25) is 10.0 Å². The van der Waals surface area contributed by atoms with Gasteiger partial charge in [-0.05, 0) is 52.7 Å². The molecule has 1 N–H and O–H groups in total. The summed E-state index contributed by atoms with van der Waals surface area (Å²) < 4.78 is 19.3. The van der Waals surface area contributed by atoms with Crippen LogP contribution >= 0.6 is 39.1 Å². The van der Waals surface area contributed by atoms with Crippen molar-refractivity contribution in [3.63, 3.8) is 0 Å². The second-order valence-electron chi connectivity index (χ2n) is 7.54. The third kappa shape index (κ3) is 5.17. The first-order valence-corrected chi connectivity index (χ1v) is 12.0. The molecule has 0 radical (unpaired) electrons. The highest BCUT2D eigenvalue weighted by Gasteiger charge is 2.35. The number of carbonyl (C=O) groups is 1. The van der Waals surface area contributed by atoms with E-state index in [1.807, 2.05) is 6.07 Å². The van der Waals surface area contributed by atoms with Gasteiger partial charge in [0.25, 0.3) is 0 Å². The van der Waals surface area contributed by atoms with E-state index in [0.29, 0.717) is 48.8 Å². The minimum atomic E-state index is -0.615. The van der Waals surface area contributed by atoms with Crippen molar-refractivity contribution in [1.82, 2.24) is 14.8 Å². The van der Waals surface area contributed by atoms with Gasteiger partial charge < -0.3 is 19.5 Å². The Balaban J connectivity index is 1.72. The number of hydrogen-bond donors (Lipinski definition) is 1. The van der Waals surface area contributed by atoms with Crippen LogP contribution in [-0.2, 0) is 16.1 Å². The van der Waals surface area contributed by atoms with Gasteiger partial charge >= 0.3 is 5.97 Å². The molecule has 8 nitrogen and oxygen atoms in total. The zero-order chi connectivity index (χ0) is 25.1. The van der Waals surface area contributed by atoms with Crippen molar-refractivity contribution in [1.29, 1.82) is 0 Å². The predicted molar refractivity (Wildman–Crippen MR) is 137 cm³/mol. The van der Waals surface area contributed by atoms with Crippen molar-refractivity contribution in [3.05, 3.63) is 86.2 Å². The average molecular weight is 580 g/mol. The van der Waals surface area contributed by atoms with Gasteiger partial charge in [0.05, 0.1) is 17.2 Å². The van der Waals surface area contributed by atoms with E-state index in [1.165, 1.54) is 19.5 Å². The molecule has 2 aromatic carbocycles. The molecule has 0 amide bonds. The molecule has 1 unspecified atom stereocenters. The van der Waals surface area contributed by atoms with Gasteiger partial charge in [-0.1, -0.05) is 41.9 Å². The summed E-state index contributed by atoms with van der Waals surface area (Å²) in [6, 6.07) is 8.23. The Bertz CT molecular complexity index is 1320. The van der Waals surface area contributed by atoms with Gasteiger partial charge in [0, 0.05) is 21.3 Å². The molecule has 1 aliphatic rings. The van der Waals surface area contributed by atoms with Crippen LogP contribution in [-0.4, -0.2) is 34.5 Å². The largest absolute Gasteiger partial charge is 0.493 e. The van der Waals surface area contributed by atoms with Gasteiger partial charge in [-0.3, -0.25) is 0 Å². The van der Waals surface area contributed by atoms with Crippen molar-refractivity contribution in [2.24, 2.45) is 0 Å². The van der Waals surface area contributed by atoms with Gasteiger partial charge in [0.1, 0.15) is 25.6 Å². The summed E-state index contributed by atoms with van der Waals surface area (Å²) in [5.74, 6) is 0.942. The van der Waals surface area contributed by atoms with E-state index >= 15 is 0 Å². The number of aromatic nitrogens is 3. The second-order valence-corrected chi connectivity index (χ2v) is 9.24. The number of anilines is 1. The van der Waals surface area contributed by atoms with E-state index in [1.54, 1.807) is 35.9 Å². The lowest BCUT2D eigenvalue weighted by atomic mass is 9.95. The highest BCUT2D eigenvalue weighted by Crippen LogP contribution is 2.43. The first-order valence-electron chi connectivity index (χ1n) is 10.4. The van der Waals surface area contributed by atoms with Crippen LogP contribution in [0, 0.1) is 0 Å². The first kappa shape index (κ1) is 25.1. The summed E-state index contributed by atoms with van der Waals surface area (Å²) in [5, 5.41) is 8.48. The zero-order valence-electron chi connectivity index (χ0n) is 18.8. The topological polar surface area (TPSA) is 87.5 Å². The molecule has 35 heavy (non-hydrogen) atoms. The lowest BCUT2D eigenvalue weighted by Gasteiger charge is -2.28. The van der Waals surface area contributed by atoms with Crippen molar-refractivity contribution in [3.8, 4) is 11.5 Å². The third-order valence-electron chi connectivity index (χ3n) is 5.30. The molecule has 0 spiro atoms. The number of hydrogen-bond acceptors (Lipinski definition) is 7. The molecule has 0 aliphatic carbocycles. The fraction of sp³-hybridized carbons (Fsp3) is 0.208. The van der Waals surface area contributed by atoms with Crippen LogP contribution in [0.5, 0.6) is 11.5 Å².